The molecule has 0 amide bonds. The van der Waals surface area contributed by atoms with Crippen LogP contribution in [-0.2, 0) is 6.54 Å². The average Bonchev–Trinajstić information content (AvgIpc) is 2.40. The van der Waals surface area contributed by atoms with Crippen LogP contribution >= 0.6 is 0 Å². The van der Waals surface area contributed by atoms with Crippen LogP contribution in [0.15, 0.2) is 24.3 Å². The first-order chi connectivity index (χ1) is 9.40. The molecule has 0 saturated heterocycles. The molecule has 0 radical (unpaired) electrons. The van der Waals surface area contributed by atoms with Crippen molar-refractivity contribution in [2.24, 2.45) is 0 Å². The summed E-state index contributed by atoms with van der Waals surface area (Å²) in [5.41, 5.74) is -0.460. The van der Waals surface area contributed by atoms with Gasteiger partial charge < -0.3 is 5.32 Å². The van der Waals surface area contributed by atoms with Gasteiger partial charge in [-0.3, -0.25) is 0 Å². The first-order valence-corrected chi connectivity index (χ1v) is 5.72. The summed E-state index contributed by atoms with van der Waals surface area (Å²) in [6.45, 7) is 1.07. The predicted octanol–water partition coefficient (Wildman–Crippen LogP) is 4.30. The first kappa shape index (κ1) is 14.3. The Hall–Kier alpha value is -2.11. The number of aryl methyl sites for hydroxylation is 1. The van der Waals surface area contributed by atoms with Crippen molar-refractivity contribution in [3.63, 3.8) is 0 Å². The van der Waals surface area contributed by atoms with Crippen LogP contribution < -0.4 is 5.32 Å². The third kappa shape index (κ3) is 2.74. The summed E-state index contributed by atoms with van der Waals surface area (Å²) in [6.07, 6.45) is 0. The largest absolute Gasteiger partial charge is 0.376 e. The van der Waals surface area contributed by atoms with E-state index in [0.29, 0.717) is 12.1 Å². The van der Waals surface area contributed by atoms with Gasteiger partial charge in [0.05, 0.1) is 0 Å². The molecule has 0 fully saturated rings. The average molecular weight is 287 g/mol. The van der Waals surface area contributed by atoms with E-state index in [2.05, 4.69) is 5.32 Å². The number of benzene rings is 2. The van der Waals surface area contributed by atoms with E-state index in [4.69, 9.17) is 0 Å². The minimum absolute atomic E-state index is 0.208. The maximum Gasteiger partial charge on any atom is 0.161 e. The van der Waals surface area contributed by atoms with Gasteiger partial charge >= 0.3 is 0 Å². The second kappa shape index (κ2) is 5.48. The number of halogens is 5. The fourth-order valence-corrected chi connectivity index (χ4v) is 1.70. The first-order valence-electron chi connectivity index (χ1n) is 5.72. The van der Waals surface area contributed by atoms with Gasteiger partial charge in [0.2, 0.25) is 0 Å². The van der Waals surface area contributed by atoms with Gasteiger partial charge in [-0.05, 0) is 24.6 Å². The standard InChI is InChI=1S/C14H10F5N/c1-7-2-3-9(15)14(13(7)19)20-6-8-4-11(17)12(18)5-10(8)16/h2-5,20H,6H2,1H3. The van der Waals surface area contributed by atoms with Gasteiger partial charge in [-0.1, -0.05) is 6.07 Å². The van der Waals surface area contributed by atoms with Gasteiger partial charge in [0.1, 0.15) is 17.3 Å². The third-order valence-corrected chi connectivity index (χ3v) is 2.83. The molecule has 1 N–H and O–H groups in total. The van der Waals surface area contributed by atoms with Crippen molar-refractivity contribution in [1.82, 2.24) is 0 Å². The maximum atomic E-state index is 13.7. The topological polar surface area (TPSA) is 12.0 Å². The molecule has 0 heterocycles. The molecule has 0 atom stereocenters. The predicted molar refractivity (Wildman–Crippen MR) is 64.7 cm³/mol. The molecular formula is C14H10F5N. The molecule has 0 spiro atoms. The second-order valence-corrected chi connectivity index (χ2v) is 4.26. The summed E-state index contributed by atoms with van der Waals surface area (Å²) in [5, 5.41) is 2.35. The Balaban J connectivity index is 2.26. The Bertz CT molecular complexity index is 654. The summed E-state index contributed by atoms with van der Waals surface area (Å²) in [6, 6.07) is 3.34. The van der Waals surface area contributed by atoms with Crippen molar-refractivity contribution < 1.29 is 22.0 Å². The molecule has 1 nitrogen and oxygen atoms in total. The molecule has 0 aliphatic heterocycles. The van der Waals surface area contributed by atoms with E-state index in [1.165, 1.54) is 13.0 Å². The van der Waals surface area contributed by atoms with Gasteiger partial charge in [0.25, 0.3) is 0 Å². The minimum atomic E-state index is -1.32. The molecule has 0 bridgehead atoms. The molecule has 0 aliphatic carbocycles. The van der Waals surface area contributed by atoms with Crippen LogP contribution in [0.3, 0.4) is 0 Å². The van der Waals surface area contributed by atoms with Crippen LogP contribution in [-0.4, -0.2) is 0 Å². The lowest BCUT2D eigenvalue weighted by Gasteiger charge is -2.11. The Kier molecular flexibility index (Phi) is 3.92. The van der Waals surface area contributed by atoms with E-state index in [0.717, 1.165) is 6.07 Å². The van der Waals surface area contributed by atoms with Crippen LogP contribution in [0.5, 0.6) is 0 Å². The van der Waals surface area contributed by atoms with E-state index in [1.54, 1.807) is 0 Å². The van der Waals surface area contributed by atoms with E-state index < -0.39 is 34.8 Å². The Morgan fingerprint density at radius 1 is 0.850 bits per heavy atom. The third-order valence-electron chi connectivity index (χ3n) is 2.83. The molecule has 2 aromatic rings. The zero-order valence-electron chi connectivity index (χ0n) is 10.4. The molecule has 0 unspecified atom stereocenters. The molecule has 2 aromatic carbocycles. The monoisotopic (exact) mass is 287 g/mol. The number of rotatable bonds is 3. The van der Waals surface area contributed by atoms with Gasteiger partial charge in [-0.2, -0.15) is 0 Å². The molecule has 6 heteroatoms. The molecule has 20 heavy (non-hydrogen) atoms. The van der Waals surface area contributed by atoms with Gasteiger partial charge in [0.15, 0.2) is 17.5 Å². The highest BCUT2D eigenvalue weighted by atomic mass is 19.2. The number of nitrogens with one attached hydrogen (secondary N) is 1. The van der Waals surface area contributed by atoms with Crippen molar-refractivity contribution in [2.45, 2.75) is 13.5 Å². The molecule has 106 valence electrons. The van der Waals surface area contributed by atoms with E-state index in [-0.39, 0.29) is 17.7 Å². The minimum Gasteiger partial charge on any atom is -0.376 e. The second-order valence-electron chi connectivity index (χ2n) is 4.26. The fourth-order valence-electron chi connectivity index (χ4n) is 1.70. The molecule has 0 aromatic heterocycles. The molecule has 0 saturated carbocycles. The van der Waals surface area contributed by atoms with Crippen molar-refractivity contribution in [3.8, 4) is 0 Å². The van der Waals surface area contributed by atoms with Gasteiger partial charge in [-0.15, -0.1) is 0 Å². The molecular weight excluding hydrogens is 277 g/mol. The Labute approximate surface area is 112 Å². The van der Waals surface area contributed by atoms with Crippen LogP contribution in [0.1, 0.15) is 11.1 Å². The summed E-state index contributed by atoms with van der Waals surface area (Å²) < 4.78 is 66.2. The fraction of sp³-hybridized carbons (Fsp3) is 0.143. The van der Waals surface area contributed by atoms with Crippen LogP contribution in [0.2, 0.25) is 0 Å². The van der Waals surface area contributed by atoms with E-state index in [9.17, 15) is 22.0 Å². The van der Waals surface area contributed by atoms with Crippen molar-refractivity contribution >= 4 is 5.69 Å². The van der Waals surface area contributed by atoms with Crippen LogP contribution in [0.4, 0.5) is 27.6 Å². The highest BCUT2D eigenvalue weighted by Crippen LogP contribution is 2.23. The normalized spacial score (nSPS) is 10.7. The summed E-state index contributed by atoms with van der Waals surface area (Å²) in [4.78, 5) is 0. The van der Waals surface area contributed by atoms with Crippen molar-refractivity contribution in [2.75, 3.05) is 5.32 Å². The summed E-state index contributed by atoms with van der Waals surface area (Å²) in [7, 11) is 0. The zero-order chi connectivity index (χ0) is 14.9. The summed E-state index contributed by atoms with van der Waals surface area (Å²) >= 11 is 0. The highest BCUT2D eigenvalue weighted by molar-refractivity contribution is 5.49. The quantitative estimate of drug-likeness (QED) is 0.655. The lowest BCUT2D eigenvalue weighted by Crippen LogP contribution is -2.07. The number of anilines is 1. The summed E-state index contributed by atoms with van der Waals surface area (Å²) in [5.74, 6) is -5.21. The van der Waals surface area contributed by atoms with E-state index >= 15 is 0 Å². The molecule has 2 rings (SSSR count). The maximum absolute atomic E-state index is 13.7. The molecule has 0 aliphatic rings. The Morgan fingerprint density at radius 3 is 2.20 bits per heavy atom. The van der Waals surface area contributed by atoms with Crippen molar-refractivity contribution in [1.29, 1.82) is 0 Å². The number of hydrogen-bond acceptors (Lipinski definition) is 1. The van der Waals surface area contributed by atoms with Gasteiger partial charge in [0, 0.05) is 18.2 Å². The highest BCUT2D eigenvalue weighted by Gasteiger charge is 2.13. The zero-order valence-corrected chi connectivity index (χ0v) is 10.4. The lowest BCUT2D eigenvalue weighted by molar-refractivity contribution is 0.490. The lowest BCUT2D eigenvalue weighted by atomic mass is 10.1. The SMILES string of the molecule is Cc1ccc(F)c(NCc2cc(F)c(F)cc2F)c1F. The van der Waals surface area contributed by atoms with Gasteiger partial charge in [-0.25, -0.2) is 22.0 Å². The van der Waals surface area contributed by atoms with E-state index in [1.807, 2.05) is 0 Å². The smallest absolute Gasteiger partial charge is 0.161 e. The Morgan fingerprint density at radius 2 is 1.50 bits per heavy atom. The number of hydrogen-bond donors (Lipinski definition) is 1. The van der Waals surface area contributed by atoms with Crippen molar-refractivity contribution in [3.05, 3.63) is 64.5 Å². The van der Waals surface area contributed by atoms with Crippen LogP contribution in [0, 0.1) is 36.0 Å². The van der Waals surface area contributed by atoms with Crippen LogP contribution in [0.25, 0.3) is 0 Å².